The van der Waals surface area contributed by atoms with Gasteiger partial charge in [-0.3, -0.25) is 4.79 Å². The third-order valence-electron chi connectivity index (χ3n) is 3.84. The van der Waals surface area contributed by atoms with Gasteiger partial charge in [-0.05, 0) is 44.4 Å². The minimum absolute atomic E-state index is 0.240. The quantitative estimate of drug-likeness (QED) is 0.840. The number of hydrogen-bond acceptors (Lipinski definition) is 3. The Balaban J connectivity index is 2.05. The number of likely N-dealkylation sites (N-methyl/N-ethyl adjacent to an activating group) is 1. The van der Waals surface area contributed by atoms with Gasteiger partial charge in [0.05, 0.1) is 6.04 Å². The molecule has 0 aliphatic carbocycles. The lowest BCUT2D eigenvalue weighted by atomic mass is 10.1. The zero-order valence-corrected chi connectivity index (χ0v) is 11.6. The molecule has 1 amide bonds. The SMILES string of the molecule is CNC(CCN1CCCCc2ccccc21)C(N)=O. The summed E-state index contributed by atoms with van der Waals surface area (Å²) >= 11 is 0. The average molecular weight is 261 g/mol. The highest BCUT2D eigenvalue weighted by atomic mass is 16.1. The summed E-state index contributed by atoms with van der Waals surface area (Å²) in [7, 11) is 1.78. The fourth-order valence-electron chi connectivity index (χ4n) is 2.72. The molecule has 1 heterocycles. The van der Waals surface area contributed by atoms with Gasteiger partial charge in [-0.15, -0.1) is 0 Å². The summed E-state index contributed by atoms with van der Waals surface area (Å²) in [6.07, 6.45) is 4.34. The predicted molar refractivity (Wildman–Crippen MR) is 78.3 cm³/mol. The second kappa shape index (κ2) is 6.57. The standard InChI is InChI=1S/C15H23N3O/c1-17-13(15(16)19)9-11-18-10-5-4-7-12-6-2-3-8-14(12)18/h2-3,6,8,13,17H,4-5,7,9-11H2,1H3,(H2,16,19). The van der Waals surface area contributed by atoms with Crippen molar-refractivity contribution in [3.8, 4) is 0 Å². The zero-order chi connectivity index (χ0) is 13.7. The number of nitrogens with zero attached hydrogens (tertiary/aromatic N) is 1. The van der Waals surface area contributed by atoms with E-state index in [0.717, 1.165) is 25.9 Å². The summed E-state index contributed by atoms with van der Waals surface area (Å²) in [6, 6.07) is 8.33. The third-order valence-corrected chi connectivity index (χ3v) is 3.84. The minimum atomic E-state index is -0.273. The van der Waals surface area contributed by atoms with E-state index in [4.69, 9.17) is 5.73 Å². The number of amides is 1. The number of carbonyl (C=O) groups is 1. The second-order valence-corrected chi connectivity index (χ2v) is 5.11. The van der Waals surface area contributed by atoms with E-state index in [1.54, 1.807) is 7.05 Å². The van der Waals surface area contributed by atoms with Gasteiger partial charge in [-0.2, -0.15) is 0 Å². The number of rotatable bonds is 5. The van der Waals surface area contributed by atoms with Gasteiger partial charge in [0.2, 0.25) is 5.91 Å². The van der Waals surface area contributed by atoms with Crippen LogP contribution in [0.3, 0.4) is 0 Å². The normalized spacial score (nSPS) is 16.6. The lowest BCUT2D eigenvalue weighted by Gasteiger charge is -2.26. The molecule has 0 radical (unpaired) electrons. The van der Waals surface area contributed by atoms with Gasteiger partial charge in [-0.1, -0.05) is 18.2 Å². The van der Waals surface area contributed by atoms with Crippen LogP contribution in [0.25, 0.3) is 0 Å². The maximum absolute atomic E-state index is 11.3. The van der Waals surface area contributed by atoms with Crippen molar-refractivity contribution in [3.63, 3.8) is 0 Å². The van der Waals surface area contributed by atoms with Crippen LogP contribution in [0.5, 0.6) is 0 Å². The van der Waals surface area contributed by atoms with E-state index in [9.17, 15) is 4.79 Å². The first-order chi connectivity index (χ1) is 9.22. The molecule has 0 bridgehead atoms. The van der Waals surface area contributed by atoms with Crippen LogP contribution in [-0.4, -0.2) is 32.1 Å². The summed E-state index contributed by atoms with van der Waals surface area (Å²) in [6.45, 7) is 1.93. The van der Waals surface area contributed by atoms with Crippen LogP contribution in [0.4, 0.5) is 5.69 Å². The fourth-order valence-corrected chi connectivity index (χ4v) is 2.72. The molecular formula is C15H23N3O. The van der Waals surface area contributed by atoms with Crippen LogP contribution >= 0.6 is 0 Å². The van der Waals surface area contributed by atoms with Gasteiger partial charge in [0.25, 0.3) is 0 Å². The maximum Gasteiger partial charge on any atom is 0.234 e. The molecule has 1 aliphatic heterocycles. The van der Waals surface area contributed by atoms with Gasteiger partial charge in [0.1, 0.15) is 0 Å². The second-order valence-electron chi connectivity index (χ2n) is 5.11. The molecule has 0 fully saturated rings. The van der Waals surface area contributed by atoms with E-state index >= 15 is 0 Å². The number of nitrogens with two attached hydrogens (primary N) is 1. The monoisotopic (exact) mass is 261 g/mol. The molecule has 4 nitrogen and oxygen atoms in total. The van der Waals surface area contributed by atoms with Crippen molar-refractivity contribution in [1.82, 2.24) is 5.32 Å². The molecule has 0 aromatic heterocycles. The van der Waals surface area contributed by atoms with Crippen molar-refractivity contribution in [2.24, 2.45) is 5.73 Å². The van der Waals surface area contributed by atoms with Gasteiger partial charge >= 0.3 is 0 Å². The average Bonchev–Trinajstić information content (AvgIpc) is 2.62. The van der Waals surface area contributed by atoms with Crippen LogP contribution in [0.2, 0.25) is 0 Å². The molecule has 3 N–H and O–H groups in total. The fraction of sp³-hybridized carbons (Fsp3) is 0.533. The number of benzene rings is 1. The highest BCUT2D eigenvalue weighted by Gasteiger charge is 2.18. The van der Waals surface area contributed by atoms with Crippen LogP contribution in [0.1, 0.15) is 24.8 Å². The van der Waals surface area contributed by atoms with Gasteiger partial charge in [0, 0.05) is 18.8 Å². The molecule has 104 valence electrons. The van der Waals surface area contributed by atoms with Gasteiger partial charge in [-0.25, -0.2) is 0 Å². The predicted octanol–water partition coefficient (Wildman–Crippen LogP) is 1.29. The summed E-state index contributed by atoms with van der Waals surface area (Å²) in [5.74, 6) is -0.273. The Hall–Kier alpha value is -1.55. The van der Waals surface area contributed by atoms with E-state index in [2.05, 4.69) is 34.5 Å². The van der Waals surface area contributed by atoms with Gasteiger partial charge < -0.3 is 16.0 Å². The number of aryl methyl sites for hydroxylation is 1. The van der Waals surface area contributed by atoms with E-state index in [1.807, 2.05) is 0 Å². The minimum Gasteiger partial charge on any atom is -0.371 e. The zero-order valence-electron chi connectivity index (χ0n) is 11.6. The van der Waals surface area contributed by atoms with Crippen molar-refractivity contribution in [1.29, 1.82) is 0 Å². The maximum atomic E-state index is 11.3. The summed E-state index contributed by atoms with van der Waals surface area (Å²) in [5, 5.41) is 2.98. The third kappa shape index (κ3) is 3.47. The van der Waals surface area contributed by atoms with Crippen molar-refractivity contribution < 1.29 is 4.79 Å². The Bertz CT molecular complexity index is 433. The van der Waals surface area contributed by atoms with Crippen molar-refractivity contribution in [2.75, 3.05) is 25.0 Å². The molecule has 1 unspecified atom stereocenters. The van der Waals surface area contributed by atoms with E-state index < -0.39 is 0 Å². The topological polar surface area (TPSA) is 58.4 Å². The van der Waals surface area contributed by atoms with Crippen molar-refractivity contribution >= 4 is 11.6 Å². The summed E-state index contributed by atoms with van der Waals surface area (Å²) < 4.78 is 0. The Morgan fingerprint density at radius 3 is 2.95 bits per heavy atom. The van der Waals surface area contributed by atoms with E-state index in [-0.39, 0.29) is 11.9 Å². The first-order valence-corrected chi connectivity index (χ1v) is 7.02. The molecule has 1 atom stereocenters. The number of fused-ring (bicyclic) bond motifs is 1. The van der Waals surface area contributed by atoms with E-state index in [0.29, 0.717) is 0 Å². The van der Waals surface area contributed by atoms with Gasteiger partial charge in [0.15, 0.2) is 0 Å². The number of nitrogens with one attached hydrogen (secondary N) is 1. The Kier molecular flexibility index (Phi) is 4.80. The summed E-state index contributed by atoms with van der Waals surface area (Å²) in [5.41, 5.74) is 8.10. The largest absolute Gasteiger partial charge is 0.371 e. The molecule has 0 saturated carbocycles. The molecule has 2 rings (SSSR count). The number of para-hydroxylation sites is 1. The van der Waals surface area contributed by atoms with Crippen LogP contribution in [0, 0.1) is 0 Å². The van der Waals surface area contributed by atoms with Crippen LogP contribution in [0.15, 0.2) is 24.3 Å². The molecular weight excluding hydrogens is 238 g/mol. The van der Waals surface area contributed by atoms with Crippen molar-refractivity contribution in [3.05, 3.63) is 29.8 Å². The molecule has 19 heavy (non-hydrogen) atoms. The highest BCUT2D eigenvalue weighted by Crippen LogP contribution is 2.26. The molecule has 0 spiro atoms. The Morgan fingerprint density at radius 1 is 1.42 bits per heavy atom. The Labute approximate surface area is 115 Å². The number of anilines is 1. The first-order valence-electron chi connectivity index (χ1n) is 7.02. The lowest BCUT2D eigenvalue weighted by molar-refractivity contribution is -0.120. The molecule has 4 heteroatoms. The number of hydrogen-bond donors (Lipinski definition) is 2. The van der Waals surface area contributed by atoms with Crippen molar-refractivity contribution in [2.45, 2.75) is 31.7 Å². The number of primary amides is 1. The summed E-state index contributed by atoms with van der Waals surface area (Å²) in [4.78, 5) is 13.6. The smallest absolute Gasteiger partial charge is 0.234 e. The van der Waals surface area contributed by atoms with Crippen LogP contribution in [-0.2, 0) is 11.2 Å². The Morgan fingerprint density at radius 2 is 2.21 bits per heavy atom. The first kappa shape index (κ1) is 13.9. The van der Waals surface area contributed by atoms with Crippen LogP contribution < -0.4 is 16.0 Å². The highest BCUT2D eigenvalue weighted by molar-refractivity contribution is 5.79. The molecule has 1 aromatic rings. The molecule has 0 saturated heterocycles. The van der Waals surface area contributed by atoms with E-state index in [1.165, 1.54) is 24.1 Å². The number of carbonyl (C=O) groups excluding carboxylic acids is 1. The lowest BCUT2D eigenvalue weighted by Crippen LogP contribution is -2.42. The molecule has 1 aliphatic rings. The molecule has 1 aromatic carbocycles.